The Morgan fingerprint density at radius 3 is 2.64 bits per heavy atom. The lowest BCUT2D eigenvalue weighted by Gasteiger charge is -2.18. The minimum Gasteiger partial charge on any atom is -0.350 e. The zero-order valence-corrected chi connectivity index (χ0v) is 18.9. The number of para-hydroxylation sites is 1. The number of Topliss-reactive ketones (excluding diaryl/α,β-unsaturated/α-hetero) is 1. The van der Waals surface area contributed by atoms with Gasteiger partial charge >= 0.3 is 0 Å². The van der Waals surface area contributed by atoms with Crippen molar-refractivity contribution < 1.29 is 14.4 Å². The van der Waals surface area contributed by atoms with Gasteiger partial charge in [-0.25, -0.2) is 0 Å². The summed E-state index contributed by atoms with van der Waals surface area (Å²) in [5.41, 5.74) is 2.19. The van der Waals surface area contributed by atoms with Crippen LogP contribution in [0.5, 0.6) is 0 Å². The number of nitrogens with zero attached hydrogens (tertiary/aromatic N) is 2. The zero-order chi connectivity index (χ0) is 23.5. The van der Waals surface area contributed by atoms with Crippen LogP contribution in [-0.4, -0.2) is 33.6 Å². The van der Waals surface area contributed by atoms with Gasteiger partial charge in [0, 0.05) is 43.4 Å². The number of ketones is 1. The summed E-state index contributed by atoms with van der Waals surface area (Å²) in [7, 11) is 0. The van der Waals surface area contributed by atoms with Crippen LogP contribution < -0.4 is 10.6 Å². The van der Waals surface area contributed by atoms with Crippen LogP contribution in [0.2, 0.25) is 0 Å². The SMILES string of the molecule is CCC(=O)CCCCC[C@H](NC(=O)c1cccnc1)C(=O)NCc1cnc2ccccc2c1. The van der Waals surface area contributed by atoms with Gasteiger partial charge in [0.05, 0.1) is 11.1 Å². The maximum atomic E-state index is 12.9. The van der Waals surface area contributed by atoms with E-state index in [4.69, 9.17) is 0 Å². The summed E-state index contributed by atoms with van der Waals surface area (Å²) < 4.78 is 0. The first kappa shape index (κ1) is 24.0. The number of hydrogen-bond donors (Lipinski definition) is 2. The molecule has 3 aromatic rings. The Bertz CT molecular complexity index is 1090. The number of carbonyl (C=O) groups excluding carboxylic acids is 3. The van der Waals surface area contributed by atoms with Crippen LogP contribution in [0, 0.1) is 0 Å². The van der Waals surface area contributed by atoms with E-state index in [1.54, 1.807) is 24.5 Å². The Balaban J connectivity index is 1.59. The number of carbonyl (C=O) groups is 3. The molecular weight excluding hydrogens is 416 g/mol. The molecule has 172 valence electrons. The van der Waals surface area contributed by atoms with Crippen molar-refractivity contribution in [1.29, 1.82) is 0 Å². The van der Waals surface area contributed by atoms with E-state index in [0.717, 1.165) is 35.7 Å². The molecule has 2 heterocycles. The van der Waals surface area contributed by atoms with Gasteiger partial charge in [-0.2, -0.15) is 0 Å². The topological polar surface area (TPSA) is 101 Å². The zero-order valence-electron chi connectivity index (χ0n) is 18.9. The average molecular weight is 447 g/mol. The summed E-state index contributed by atoms with van der Waals surface area (Å²) in [6.07, 6.45) is 8.77. The Morgan fingerprint density at radius 1 is 1.00 bits per heavy atom. The summed E-state index contributed by atoms with van der Waals surface area (Å²) in [6.45, 7) is 2.18. The monoisotopic (exact) mass is 446 g/mol. The Labute approximate surface area is 194 Å². The molecule has 0 spiro atoms. The molecule has 0 aliphatic heterocycles. The van der Waals surface area contributed by atoms with Gasteiger partial charge in [0.25, 0.3) is 5.91 Å². The van der Waals surface area contributed by atoms with Crippen LogP contribution in [0.15, 0.2) is 61.1 Å². The Kier molecular flexibility index (Phi) is 9.06. The van der Waals surface area contributed by atoms with E-state index in [1.165, 1.54) is 6.20 Å². The van der Waals surface area contributed by atoms with Crippen LogP contribution in [0.4, 0.5) is 0 Å². The summed E-state index contributed by atoms with van der Waals surface area (Å²) in [4.78, 5) is 45.4. The van der Waals surface area contributed by atoms with E-state index < -0.39 is 6.04 Å². The first-order chi connectivity index (χ1) is 16.1. The molecule has 0 aliphatic carbocycles. The summed E-state index contributed by atoms with van der Waals surface area (Å²) in [5, 5.41) is 6.77. The van der Waals surface area contributed by atoms with E-state index in [0.29, 0.717) is 31.4 Å². The Morgan fingerprint density at radius 2 is 1.85 bits per heavy atom. The fraction of sp³-hybridized carbons (Fsp3) is 0.346. The minimum absolute atomic E-state index is 0.245. The molecule has 0 saturated heterocycles. The molecule has 1 aromatic carbocycles. The van der Waals surface area contributed by atoms with E-state index in [9.17, 15) is 14.4 Å². The molecule has 3 rings (SSSR count). The van der Waals surface area contributed by atoms with Crippen LogP contribution in [0.1, 0.15) is 61.4 Å². The summed E-state index contributed by atoms with van der Waals surface area (Å²) in [5.74, 6) is -0.333. The van der Waals surface area contributed by atoms with Crippen molar-refractivity contribution in [2.75, 3.05) is 0 Å². The number of unbranched alkanes of at least 4 members (excludes halogenated alkanes) is 2. The average Bonchev–Trinajstić information content (AvgIpc) is 2.86. The van der Waals surface area contributed by atoms with Crippen LogP contribution in [0.25, 0.3) is 10.9 Å². The van der Waals surface area contributed by atoms with E-state index in [-0.39, 0.29) is 17.6 Å². The first-order valence-electron chi connectivity index (χ1n) is 11.4. The normalized spacial score (nSPS) is 11.7. The lowest BCUT2D eigenvalue weighted by Crippen LogP contribution is -2.46. The highest BCUT2D eigenvalue weighted by Gasteiger charge is 2.21. The van der Waals surface area contributed by atoms with Gasteiger partial charge in [-0.1, -0.05) is 38.0 Å². The van der Waals surface area contributed by atoms with E-state index >= 15 is 0 Å². The number of amides is 2. The van der Waals surface area contributed by atoms with E-state index in [1.807, 2.05) is 37.3 Å². The van der Waals surface area contributed by atoms with Gasteiger partial charge in [0.15, 0.2) is 0 Å². The number of fused-ring (bicyclic) bond motifs is 1. The van der Waals surface area contributed by atoms with Crippen LogP contribution >= 0.6 is 0 Å². The largest absolute Gasteiger partial charge is 0.350 e. The van der Waals surface area contributed by atoms with Crippen molar-refractivity contribution in [2.45, 2.75) is 58.0 Å². The van der Waals surface area contributed by atoms with Crippen LogP contribution in [0.3, 0.4) is 0 Å². The predicted molar refractivity (Wildman–Crippen MR) is 127 cm³/mol. The second kappa shape index (κ2) is 12.4. The molecular formula is C26H30N4O3. The second-order valence-corrected chi connectivity index (χ2v) is 8.01. The highest BCUT2D eigenvalue weighted by Crippen LogP contribution is 2.13. The maximum Gasteiger partial charge on any atom is 0.253 e. The third kappa shape index (κ3) is 7.49. The number of benzene rings is 1. The smallest absolute Gasteiger partial charge is 0.253 e. The molecule has 2 amide bonds. The molecule has 0 bridgehead atoms. The van der Waals surface area contributed by atoms with Gasteiger partial charge in [-0.05, 0) is 42.7 Å². The molecule has 0 fully saturated rings. The van der Waals surface area contributed by atoms with Crippen molar-refractivity contribution in [3.8, 4) is 0 Å². The van der Waals surface area contributed by atoms with Crippen molar-refractivity contribution >= 4 is 28.5 Å². The lowest BCUT2D eigenvalue weighted by molar-refractivity contribution is -0.123. The number of nitrogens with one attached hydrogen (secondary N) is 2. The van der Waals surface area contributed by atoms with Gasteiger partial charge in [0.1, 0.15) is 11.8 Å². The maximum absolute atomic E-state index is 12.9. The van der Waals surface area contributed by atoms with Gasteiger partial charge in [0.2, 0.25) is 5.91 Å². The molecule has 0 saturated carbocycles. The molecule has 2 aromatic heterocycles. The third-order valence-corrected chi connectivity index (χ3v) is 5.50. The third-order valence-electron chi connectivity index (χ3n) is 5.50. The highest BCUT2D eigenvalue weighted by molar-refractivity contribution is 5.97. The fourth-order valence-electron chi connectivity index (χ4n) is 3.56. The molecule has 33 heavy (non-hydrogen) atoms. The standard InChI is InChI=1S/C26H30N4O3/c1-2-22(31)11-4-3-5-13-24(30-25(32)21-10-8-14-27-18-21)26(33)29-17-19-15-20-9-6-7-12-23(20)28-16-19/h6-10,12,14-16,18,24H,2-5,11,13,17H2,1H3,(H,29,33)(H,30,32)/t24-/m0/s1. The van der Waals surface area contributed by atoms with Crippen molar-refractivity contribution in [1.82, 2.24) is 20.6 Å². The number of hydrogen-bond acceptors (Lipinski definition) is 5. The van der Waals surface area contributed by atoms with Gasteiger partial charge < -0.3 is 10.6 Å². The fourth-order valence-corrected chi connectivity index (χ4v) is 3.56. The molecule has 1 atom stereocenters. The second-order valence-electron chi connectivity index (χ2n) is 8.01. The number of pyridine rings is 2. The molecule has 2 N–H and O–H groups in total. The summed E-state index contributed by atoms with van der Waals surface area (Å²) in [6, 6.07) is 12.5. The lowest BCUT2D eigenvalue weighted by atomic mass is 10.0. The first-order valence-corrected chi connectivity index (χ1v) is 11.4. The number of aromatic nitrogens is 2. The quantitative estimate of drug-likeness (QED) is 0.410. The molecule has 0 aliphatic rings. The Hall–Kier alpha value is -3.61. The van der Waals surface area contributed by atoms with Crippen molar-refractivity contribution in [3.63, 3.8) is 0 Å². The van der Waals surface area contributed by atoms with Gasteiger partial charge in [-0.15, -0.1) is 0 Å². The number of rotatable bonds is 12. The minimum atomic E-state index is -0.673. The van der Waals surface area contributed by atoms with Crippen LogP contribution in [-0.2, 0) is 16.1 Å². The summed E-state index contributed by atoms with van der Waals surface area (Å²) >= 11 is 0. The van der Waals surface area contributed by atoms with Gasteiger partial charge in [-0.3, -0.25) is 24.4 Å². The molecule has 7 heteroatoms. The molecule has 0 unspecified atom stereocenters. The molecule has 0 radical (unpaired) electrons. The highest BCUT2D eigenvalue weighted by atomic mass is 16.2. The van der Waals surface area contributed by atoms with Crippen molar-refractivity contribution in [2.24, 2.45) is 0 Å². The predicted octanol–water partition coefficient (Wildman–Crippen LogP) is 3.97. The van der Waals surface area contributed by atoms with Crippen molar-refractivity contribution in [3.05, 3.63) is 72.2 Å². The molecule has 7 nitrogen and oxygen atoms in total. The van der Waals surface area contributed by atoms with E-state index in [2.05, 4.69) is 20.6 Å².